The van der Waals surface area contributed by atoms with E-state index in [0.717, 1.165) is 18.5 Å². The van der Waals surface area contributed by atoms with E-state index in [9.17, 15) is 4.79 Å². The van der Waals surface area contributed by atoms with E-state index in [0.29, 0.717) is 17.9 Å². The Morgan fingerprint density at radius 2 is 2.10 bits per heavy atom. The number of aryl methyl sites for hydroxylation is 2. The maximum atomic E-state index is 12.8. The SMILES string of the molecule is COc1ccc(C)cc1C(=O)N1CCc2c(ccn2C)C1. The molecule has 0 radical (unpaired) electrons. The molecule has 21 heavy (non-hydrogen) atoms. The molecule has 0 bridgehead atoms. The van der Waals surface area contributed by atoms with Gasteiger partial charge in [0.05, 0.1) is 12.7 Å². The van der Waals surface area contributed by atoms with Gasteiger partial charge in [0.15, 0.2) is 0 Å². The van der Waals surface area contributed by atoms with Gasteiger partial charge in [-0.15, -0.1) is 0 Å². The predicted octanol–water partition coefficient (Wildman–Crippen LogP) is 2.54. The Bertz CT molecular complexity index is 688. The highest BCUT2D eigenvalue weighted by atomic mass is 16.5. The standard InChI is InChI=1S/C17H20N2O2/c1-12-4-5-16(21-3)14(10-12)17(20)19-9-7-15-13(11-19)6-8-18(15)2/h4-6,8,10H,7,9,11H2,1-3H3. The van der Waals surface area contributed by atoms with Crippen LogP contribution in [0.25, 0.3) is 0 Å². The van der Waals surface area contributed by atoms with Gasteiger partial charge in [0.2, 0.25) is 0 Å². The molecule has 0 spiro atoms. The van der Waals surface area contributed by atoms with Crippen molar-refractivity contribution in [3.63, 3.8) is 0 Å². The second-order valence-electron chi connectivity index (χ2n) is 5.58. The third kappa shape index (κ3) is 2.42. The van der Waals surface area contributed by atoms with Crippen molar-refractivity contribution >= 4 is 5.91 Å². The van der Waals surface area contributed by atoms with Crippen molar-refractivity contribution in [2.45, 2.75) is 19.9 Å². The van der Waals surface area contributed by atoms with Crippen LogP contribution in [0.1, 0.15) is 27.2 Å². The van der Waals surface area contributed by atoms with Gasteiger partial charge in [-0.05, 0) is 30.7 Å². The number of ether oxygens (including phenoxy) is 1. The number of fused-ring (bicyclic) bond motifs is 1. The third-order valence-electron chi connectivity index (χ3n) is 4.15. The van der Waals surface area contributed by atoms with Gasteiger partial charge in [0.25, 0.3) is 5.91 Å². The Kier molecular flexibility index (Phi) is 3.45. The highest BCUT2D eigenvalue weighted by Gasteiger charge is 2.25. The number of nitrogens with zero attached hydrogens (tertiary/aromatic N) is 2. The summed E-state index contributed by atoms with van der Waals surface area (Å²) >= 11 is 0. The molecule has 2 heterocycles. The smallest absolute Gasteiger partial charge is 0.257 e. The summed E-state index contributed by atoms with van der Waals surface area (Å²) in [7, 11) is 3.66. The first-order chi connectivity index (χ1) is 10.1. The van der Waals surface area contributed by atoms with Crippen molar-refractivity contribution in [3.05, 3.63) is 52.8 Å². The molecule has 1 aromatic carbocycles. The van der Waals surface area contributed by atoms with E-state index in [1.165, 1.54) is 11.3 Å². The predicted molar refractivity (Wildman–Crippen MR) is 81.6 cm³/mol. The molecule has 0 atom stereocenters. The zero-order valence-electron chi connectivity index (χ0n) is 12.7. The van der Waals surface area contributed by atoms with Gasteiger partial charge < -0.3 is 14.2 Å². The van der Waals surface area contributed by atoms with Crippen LogP contribution in [0.4, 0.5) is 0 Å². The van der Waals surface area contributed by atoms with Gasteiger partial charge in [-0.1, -0.05) is 11.6 Å². The zero-order valence-corrected chi connectivity index (χ0v) is 12.7. The number of carbonyl (C=O) groups excluding carboxylic acids is 1. The summed E-state index contributed by atoms with van der Waals surface area (Å²) < 4.78 is 7.48. The fraction of sp³-hybridized carbons (Fsp3) is 0.353. The van der Waals surface area contributed by atoms with Crippen molar-refractivity contribution in [2.75, 3.05) is 13.7 Å². The van der Waals surface area contributed by atoms with E-state index < -0.39 is 0 Å². The van der Waals surface area contributed by atoms with Crippen LogP contribution in [0.5, 0.6) is 5.75 Å². The van der Waals surface area contributed by atoms with E-state index in [1.54, 1.807) is 7.11 Å². The summed E-state index contributed by atoms with van der Waals surface area (Å²) in [6.07, 6.45) is 2.96. The van der Waals surface area contributed by atoms with E-state index in [2.05, 4.69) is 23.9 Å². The van der Waals surface area contributed by atoms with Gasteiger partial charge in [0, 0.05) is 38.4 Å². The molecular weight excluding hydrogens is 264 g/mol. The molecule has 0 aliphatic carbocycles. The summed E-state index contributed by atoms with van der Waals surface area (Å²) in [5.41, 5.74) is 4.28. The van der Waals surface area contributed by atoms with Crippen molar-refractivity contribution in [1.82, 2.24) is 9.47 Å². The minimum absolute atomic E-state index is 0.0463. The second-order valence-corrected chi connectivity index (χ2v) is 5.58. The first-order valence-corrected chi connectivity index (χ1v) is 7.17. The maximum absolute atomic E-state index is 12.8. The van der Waals surface area contributed by atoms with Crippen LogP contribution in [0.2, 0.25) is 0 Å². The third-order valence-corrected chi connectivity index (χ3v) is 4.15. The van der Waals surface area contributed by atoms with Gasteiger partial charge in [-0.3, -0.25) is 4.79 Å². The molecule has 3 rings (SSSR count). The highest BCUT2D eigenvalue weighted by Crippen LogP contribution is 2.25. The molecule has 0 saturated heterocycles. The lowest BCUT2D eigenvalue weighted by molar-refractivity contribution is 0.0730. The molecule has 1 amide bonds. The Hall–Kier alpha value is -2.23. The summed E-state index contributed by atoms with van der Waals surface area (Å²) in [5.74, 6) is 0.689. The number of amides is 1. The van der Waals surface area contributed by atoms with Crippen LogP contribution in [-0.4, -0.2) is 29.0 Å². The maximum Gasteiger partial charge on any atom is 0.257 e. The average Bonchev–Trinajstić information content (AvgIpc) is 2.87. The Balaban J connectivity index is 1.88. The zero-order chi connectivity index (χ0) is 15.0. The number of benzene rings is 1. The van der Waals surface area contributed by atoms with Crippen molar-refractivity contribution < 1.29 is 9.53 Å². The lowest BCUT2D eigenvalue weighted by atomic mass is 10.0. The lowest BCUT2D eigenvalue weighted by Crippen LogP contribution is -2.36. The van der Waals surface area contributed by atoms with Crippen LogP contribution in [0, 0.1) is 6.92 Å². The van der Waals surface area contributed by atoms with Crippen LogP contribution in [-0.2, 0) is 20.0 Å². The fourth-order valence-corrected chi connectivity index (χ4v) is 2.95. The Morgan fingerprint density at radius 1 is 1.29 bits per heavy atom. The normalized spacial score (nSPS) is 14.0. The molecule has 0 fully saturated rings. The molecule has 0 unspecified atom stereocenters. The van der Waals surface area contributed by atoms with E-state index in [1.807, 2.05) is 30.0 Å². The second kappa shape index (κ2) is 5.28. The monoisotopic (exact) mass is 284 g/mol. The van der Waals surface area contributed by atoms with Crippen LogP contribution in [0.15, 0.2) is 30.5 Å². The summed E-state index contributed by atoms with van der Waals surface area (Å²) in [4.78, 5) is 14.7. The van der Waals surface area contributed by atoms with Crippen molar-refractivity contribution in [2.24, 2.45) is 7.05 Å². The van der Waals surface area contributed by atoms with E-state index in [-0.39, 0.29) is 5.91 Å². The van der Waals surface area contributed by atoms with Gasteiger partial charge in [-0.25, -0.2) is 0 Å². The number of methoxy groups -OCH3 is 1. The molecule has 1 aliphatic rings. The molecule has 0 saturated carbocycles. The lowest BCUT2D eigenvalue weighted by Gasteiger charge is -2.28. The summed E-state index contributed by atoms with van der Waals surface area (Å²) in [5, 5.41) is 0. The number of hydrogen-bond donors (Lipinski definition) is 0. The molecule has 110 valence electrons. The molecule has 4 heteroatoms. The Morgan fingerprint density at radius 3 is 2.86 bits per heavy atom. The topological polar surface area (TPSA) is 34.5 Å². The number of hydrogen-bond acceptors (Lipinski definition) is 2. The first-order valence-electron chi connectivity index (χ1n) is 7.17. The van der Waals surface area contributed by atoms with E-state index >= 15 is 0 Å². The quantitative estimate of drug-likeness (QED) is 0.849. The number of rotatable bonds is 2. The van der Waals surface area contributed by atoms with Crippen LogP contribution < -0.4 is 4.74 Å². The summed E-state index contributed by atoms with van der Waals surface area (Å²) in [6.45, 7) is 3.41. The molecule has 1 aromatic heterocycles. The van der Waals surface area contributed by atoms with Gasteiger partial charge in [-0.2, -0.15) is 0 Å². The molecule has 0 N–H and O–H groups in total. The first kappa shape index (κ1) is 13.7. The van der Waals surface area contributed by atoms with Gasteiger partial charge >= 0.3 is 0 Å². The molecular formula is C17H20N2O2. The van der Waals surface area contributed by atoms with Gasteiger partial charge in [0.1, 0.15) is 5.75 Å². The molecule has 1 aliphatic heterocycles. The van der Waals surface area contributed by atoms with E-state index in [4.69, 9.17) is 4.74 Å². The van der Waals surface area contributed by atoms with Crippen molar-refractivity contribution in [3.8, 4) is 5.75 Å². The average molecular weight is 284 g/mol. The number of carbonyl (C=O) groups is 1. The highest BCUT2D eigenvalue weighted by molar-refractivity contribution is 5.97. The fourth-order valence-electron chi connectivity index (χ4n) is 2.95. The minimum Gasteiger partial charge on any atom is -0.496 e. The molecule has 2 aromatic rings. The number of aromatic nitrogens is 1. The summed E-state index contributed by atoms with van der Waals surface area (Å²) in [6, 6.07) is 7.82. The van der Waals surface area contributed by atoms with Crippen molar-refractivity contribution in [1.29, 1.82) is 0 Å². The molecule has 4 nitrogen and oxygen atoms in total. The Labute approximate surface area is 124 Å². The van der Waals surface area contributed by atoms with Crippen LogP contribution in [0.3, 0.4) is 0 Å². The largest absolute Gasteiger partial charge is 0.496 e. The van der Waals surface area contributed by atoms with Crippen LogP contribution >= 0.6 is 0 Å². The minimum atomic E-state index is 0.0463.